The number of anilines is 3. The summed E-state index contributed by atoms with van der Waals surface area (Å²) in [5.41, 5.74) is 1.53. The Morgan fingerprint density at radius 2 is 1.73 bits per heavy atom. The summed E-state index contributed by atoms with van der Waals surface area (Å²) in [7, 11) is -3.80. The Labute approximate surface area is 191 Å². The molecule has 2 amide bonds. The minimum atomic E-state index is -3.80. The van der Waals surface area contributed by atoms with Gasteiger partial charge >= 0.3 is 0 Å². The fourth-order valence-corrected chi connectivity index (χ4v) is 4.79. The lowest BCUT2D eigenvalue weighted by atomic mass is 10.1. The molecule has 3 aromatic carbocycles. The van der Waals surface area contributed by atoms with Crippen molar-refractivity contribution in [1.29, 1.82) is 0 Å². The third-order valence-corrected chi connectivity index (χ3v) is 6.82. The van der Waals surface area contributed by atoms with Gasteiger partial charge in [-0.2, -0.15) is 0 Å². The Morgan fingerprint density at radius 3 is 2.45 bits per heavy atom. The molecule has 0 bridgehead atoms. The second-order valence-corrected chi connectivity index (χ2v) is 9.48. The van der Waals surface area contributed by atoms with E-state index >= 15 is 0 Å². The van der Waals surface area contributed by atoms with Crippen LogP contribution in [0.1, 0.15) is 12.0 Å². The van der Waals surface area contributed by atoms with E-state index in [9.17, 15) is 22.4 Å². The molecule has 4 rings (SSSR count). The molecule has 1 unspecified atom stereocenters. The molecule has 0 aliphatic carbocycles. The van der Waals surface area contributed by atoms with Crippen LogP contribution in [-0.2, 0) is 19.6 Å². The van der Waals surface area contributed by atoms with Crippen molar-refractivity contribution in [1.82, 2.24) is 0 Å². The largest absolute Gasteiger partial charge is 0.326 e. The number of benzene rings is 3. The molecule has 1 saturated heterocycles. The first kappa shape index (κ1) is 22.5. The standard InChI is InChI=1S/C24H22FN3O4S/c1-16-11-12-18(14-21(16)27-33(31,32)19-7-3-2-4-8-19)26-24(30)17-13-23(29)28(15-17)22-10-6-5-9-20(22)25/h2-12,14,17,27H,13,15H2,1H3,(H,26,30). The van der Waals surface area contributed by atoms with Gasteiger partial charge in [-0.05, 0) is 48.9 Å². The molecular formula is C24H22FN3O4S. The number of sulfonamides is 1. The molecule has 3 aromatic rings. The van der Waals surface area contributed by atoms with Gasteiger partial charge in [0.1, 0.15) is 5.82 Å². The van der Waals surface area contributed by atoms with Crippen molar-refractivity contribution in [2.45, 2.75) is 18.2 Å². The van der Waals surface area contributed by atoms with Crippen LogP contribution in [0.4, 0.5) is 21.5 Å². The summed E-state index contributed by atoms with van der Waals surface area (Å²) in [4.78, 5) is 26.6. The lowest BCUT2D eigenvalue weighted by molar-refractivity contribution is -0.122. The molecule has 170 valence electrons. The third-order valence-electron chi connectivity index (χ3n) is 5.44. The summed E-state index contributed by atoms with van der Waals surface area (Å²) in [6, 6.07) is 18.7. The van der Waals surface area contributed by atoms with Gasteiger partial charge in [0.25, 0.3) is 10.0 Å². The number of halogens is 1. The number of aryl methyl sites for hydroxylation is 1. The van der Waals surface area contributed by atoms with Gasteiger partial charge in [-0.3, -0.25) is 14.3 Å². The Kier molecular flexibility index (Phi) is 6.15. The fraction of sp³-hybridized carbons (Fsp3) is 0.167. The number of nitrogens with zero attached hydrogens (tertiary/aromatic N) is 1. The maximum absolute atomic E-state index is 14.1. The Balaban J connectivity index is 1.48. The summed E-state index contributed by atoms with van der Waals surface area (Å²) in [5.74, 6) is -1.92. The highest BCUT2D eigenvalue weighted by Crippen LogP contribution is 2.29. The van der Waals surface area contributed by atoms with Gasteiger partial charge in [-0.1, -0.05) is 36.4 Å². The molecule has 1 atom stereocenters. The van der Waals surface area contributed by atoms with E-state index in [1.54, 1.807) is 43.3 Å². The number of carbonyl (C=O) groups is 2. The molecule has 1 heterocycles. The van der Waals surface area contributed by atoms with Gasteiger partial charge < -0.3 is 10.2 Å². The van der Waals surface area contributed by atoms with Crippen molar-refractivity contribution < 1.29 is 22.4 Å². The van der Waals surface area contributed by atoms with E-state index in [1.165, 1.54) is 41.3 Å². The first-order chi connectivity index (χ1) is 15.7. The predicted molar refractivity (Wildman–Crippen MR) is 124 cm³/mol. The molecule has 2 N–H and O–H groups in total. The van der Waals surface area contributed by atoms with Crippen molar-refractivity contribution in [3.63, 3.8) is 0 Å². The molecule has 1 aliphatic heterocycles. The van der Waals surface area contributed by atoms with Gasteiger partial charge in [-0.15, -0.1) is 0 Å². The number of para-hydroxylation sites is 1. The van der Waals surface area contributed by atoms with Crippen molar-refractivity contribution in [2.24, 2.45) is 5.92 Å². The monoisotopic (exact) mass is 467 g/mol. The molecule has 0 spiro atoms. The minimum Gasteiger partial charge on any atom is -0.326 e. The zero-order valence-electron chi connectivity index (χ0n) is 17.8. The zero-order valence-corrected chi connectivity index (χ0v) is 18.6. The van der Waals surface area contributed by atoms with E-state index in [0.29, 0.717) is 16.9 Å². The topological polar surface area (TPSA) is 95.6 Å². The van der Waals surface area contributed by atoms with Crippen LogP contribution in [0.3, 0.4) is 0 Å². The molecule has 33 heavy (non-hydrogen) atoms. The Hall–Kier alpha value is -3.72. The number of nitrogens with one attached hydrogen (secondary N) is 2. The number of hydrogen-bond donors (Lipinski definition) is 2. The van der Waals surface area contributed by atoms with Gasteiger partial charge in [0.2, 0.25) is 11.8 Å². The van der Waals surface area contributed by atoms with Crippen LogP contribution in [0.25, 0.3) is 0 Å². The highest BCUT2D eigenvalue weighted by Gasteiger charge is 2.36. The number of carbonyl (C=O) groups excluding carboxylic acids is 2. The summed E-state index contributed by atoms with van der Waals surface area (Å²) in [5, 5.41) is 2.74. The predicted octanol–water partition coefficient (Wildman–Crippen LogP) is 3.93. The average Bonchev–Trinajstić information content (AvgIpc) is 3.18. The molecule has 1 aliphatic rings. The average molecular weight is 468 g/mol. The highest BCUT2D eigenvalue weighted by molar-refractivity contribution is 7.92. The molecule has 0 radical (unpaired) electrons. The third kappa shape index (κ3) is 4.88. The number of amides is 2. The summed E-state index contributed by atoms with van der Waals surface area (Å²) in [6.45, 7) is 1.81. The molecule has 0 saturated carbocycles. The van der Waals surface area contributed by atoms with Crippen LogP contribution in [-0.4, -0.2) is 26.8 Å². The van der Waals surface area contributed by atoms with Crippen molar-refractivity contribution in [3.05, 3.63) is 84.2 Å². The van der Waals surface area contributed by atoms with E-state index in [2.05, 4.69) is 10.0 Å². The minimum absolute atomic E-state index is 0.0421. The van der Waals surface area contributed by atoms with E-state index in [4.69, 9.17) is 0 Å². The number of hydrogen-bond acceptors (Lipinski definition) is 4. The summed E-state index contributed by atoms with van der Waals surface area (Å²) >= 11 is 0. The van der Waals surface area contributed by atoms with E-state index in [1.807, 2.05) is 0 Å². The van der Waals surface area contributed by atoms with Gasteiger partial charge in [0.15, 0.2) is 0 Å². The molecule has 1 fully saturated rings. The fourth-order valence-electron chi connectivity index (χ4n) is 3.64. The normalized spacial score (nSPS) is 16.0. The quantitative estimate of drug-likeness (QED) is 0.574. The zero-order chi connectivity index (χ0) is 23.6. The van der Waals surface area contributed by atoms with Crippen LogP contribution in [0.2, 0.25) is 0 Å². The lowest BCUT2D eigenvalue weighted by Crippen LogP contribution is -2.28. The SMILES string of the molecule is Cc1ccc(NC(=O)C2CC(=O)N(c3ccccc3F)C2)cc1NS(=O)(=O)c1ccccc1. The second-order valence-electron chi connectivity index (χ2n) is 7.79. The smallest absolute Gasteiger partial charge is 0.261 e. The van der Waals surface area contributed by atoms with Crippen LogP contribution >= 0.6 is 0 Å². The van der Waals surface area contributed by atoms with Crippen LogP contribution < -0.4 is 14.9 Å². The lowest BCUT2D eigenvalue weighted by Gasteiger charge is -2.17. The first-order valence-corrected chi connectivity index (χ1v) is 11.8. The van der Waals surface area contributed by atoms with Crippen molar-refractivity contribution >= 4 is 38.9 Å². The van der Waals surface area contributed by atoms with Crippen molar-refractivity contribution in [3.8, 4) is 0 Å². The van der Waals surface area contributed by atoms with Crippen LogP contribution in [0.15, 0.2) is 77.7 Å². The Bertz CT molecular complexity index is 1310. The van der Waals surface area contributed by atoms with Gasteiger partial charge in [-0.25, -0.2) is 12.8 Å². The molecule has 7 nitrogen and oxygen atoms in total. The van der Waals surface area contributed by atoms with E-state index < -0.39 is 27.7 Å². The van der Waals surface area contributed by atoms with Crippen LogP contribution in [0.5, 0.6) is 0 Å². The first-order valence-electron chi connectivity index (χ1n) is 10.3. The maximum atomic E-state index is 14.1. The number of rotatable bonds is 6. The molecule has 9 heteroatoms. The van der Waals surface area contributed by atoms with Crippen LogP contribution in [0, 0.1) is 18.7 Å². The summed E-state index contributed by atoms with van der Waals surface area (Å²) in [6.07, 6.45) is -0.0421. The van der Waals surface area contributed by atoms with E-state index in [-0.39, 0.29) is 29.5 Å². The summed E-state index contributed by atoms with van der Waals surface area (Å²) < 4.78 is 41.9. The van der Waals surface area contributed by atoms with Gasteiger partial charge in [0, 0.05) is 18.7 Å². The highest BCUT2D eigenvalue weighted by atomic mass is 32.2. The van der Waals surface area contributed by atoms with Gasteiger partial charge in [0.05, 0.1) is 22.2 Å². The van der Waals surface area contributed by atoms with E-state index in [0.717, 1.165) is 0 Å². The second kappa shape index (κ2) is 9.03. The molecular weight excluding hydrogens is 445 g/mol. The Morgan fingerprint density at radius 1 is 1.03 bits per heavy atom. The van der Waals surface area contributed by atoms with Crippen molar-refractivity contribution in [2.75, 3.05) is 21.5 Å². The molecule has 0 aromatic heterocycles. The maximum Gasteiger partial charge on any atom is 0.261 e.